The molecule has 0 aliphatic rings. The van der Waals surface area contributed by atoms with E-state index in [1.54, 1.807) is 13.0 Å². The van der Waals surface area contributed by atoms with Gasteiger partial charge in [0.15, 0.2) is 0 Å². The average molecular weight is 382 g/mol. The standard InChI is InChI=1S/C21H22N2O3S/c1-14-11-12-17(27(25,26)22-3)13-20(14)21(24)23-15(2)18-10-6-8-16-7-4-5-9-19(16)18/h4-13,15,22H,1-3H3,(H,23,24). The van der Waals surface area contributed by atoms with Gasteiger partial charge >= 0.3 is 0 Å². The van der Waals surface area contributed by atoms with E-state index in [4.69, 9.17) is 0 Å². The Bertz CT molecular complexity index is 1100. The Morgan fingerprint density at radius 1 is 1.00 bits per heavy atom. The van der Waals surface area contributed by atoms with E-state index in [-0.39, 0.29) is 16.8 Å². The Labute approximate surface area is 159 Å². The van der Waals surface area contributed by atoms with Gasteiger partial charge in [-0.05, 0) is 54.9 Å². The molecule has 0 fully saturated rings. The second-order valence-electron chi connectivity index (χ2n) is 6.45. The fraction of sp³-hybridized carbons (Fsp3) is 0.190. The second kappa shape index (κ2) is 7.50. The van der Waals surface area contributed by atoms with Crippen molar-refractivity contribution < 1.29 is 13.2 Å². The summed E-state index contributed by atoms with van der Waals surface area (Å²) in [5.41, 5.74) is 2.07. The normalized spacial score (nSPS) is 12.7. The molecule has 0 aliphatic carbocycles. The molecule has 2 N–H and O–H groups in total. The molecule has 1 amide bonds. The highest BCUT2D eigenvalue weighted by molar-refractivity contribution is 7.89. The number of rotatable bonds is 5. The van der Waals surface area contributed by atoms with Gasteiger partial charge in [0.05, 0.1) is 10.9 Å². The summed E-state index contributed by atoms with van der Waals surface area (Å²) in [6, 6.07) is 18.3. The summed E-state index contributed by atoms with van der Waals surface area (Å²) in [4.78, 5) is 12.9. The van der Waals surface area contributed by atoms with Crippen LogP contribution >= 0.6 is 0 Å². The van der Waals surface area contributed by atoms with Gasteiger partial charge in [-0.1, -0.05) is 48.5 Å². The van der Waals surface area contributed by atoms with Gasteiger partial charge in [-0.3, -0.25) is 4.79 Å². The van der Waals surface area contributed by atoms with Crippen LogP contribution in [0.25, 0.3) is 10.8 Å². The van der Waals surface area contributed by atoms with Crippen LogP contribution in [0.2, 0.25) is 0 Å². The van der Waals surface area contributed by atoms with Gasteiger partial charge in [0, 0.05) is 5.56 Å². The third-order valence-electron chi connectivity index (χ3n) is 4.67. The zero-order valence-corrected chi connectivity index (χ0v) is 16.3. The van der Waals surface area contributed by atoms with Crippen molar-refractivity contribution in [1.29, 1.82) is 0 Å². The zero-order chi connectivity index (χ0) is 19.6. The van der Waals surface area contributed by atoms with E-state index in [2.05, 4.69) is 10.0 Å². The van der Waals surface area contributed by atoms with E-state index < -0.39 is 10.0 Å². The fourth-order valence-electron chi connectivity index (χ4n) is 3.11. The monoisotopic (exact) mass is 382 g/mol. The third kappa shape index (κ3) is 3.86. The maximum atomic E-state index is 12.8. The number of hydrogen-bond donors (Lipinski definition) is 2. The van der Waals surface area contributed by atoms with Crippen molar-refractivity contribution in [2.45, 2.75) is 24.8 Å². The molecular formula is C21H22N2O3S. The van der Waals surface area contributed by atoms with Crippen molar-refractivity contribution in [3.8, 4) is 0 Å². The number of aryl methyl sites for hydroxylation is 1. The molecule has 140 valence electrons. The minimum atomic E-state index is -3.61. The summed E-state index contributed by atoms with van der Waals surface area (Å²) in [5, 5.41) is 5.17. The van der Waals surface area contributed by atoms with Crippen molar-refractivity contribution in [3.63, 3.8) is 0 Å². The van der Waals surface area contributed by atoms with E-state index in [1.165, 1.54) is 19.2 Å². The topological polar surface area (TPSA) is 75.3 Å². The first-order valence-corrected chi connectivity index (χ1v) is 10.1. The summed E-state index contributed by atoms with van der Waals surface area (Å²) < 4.78 is 26.3. The third-order valence-corrected chi connectivity index (χ3v) is 6.08. The Kier molecular flexibility index (Phi) is 5.30. The lowest BCUT2D eigenvalue weighted by molar-refractivity contribution is 0.0939. The van der Waals surface area contributed by atoms with Gasteiger partial charge < -0.3 is 5.32 Å². The van der Waals surface area contributed by atoms with Crippen LogP contribution in [0.1, 0.15) is 34.5 Å². The molecule has 3 aromatic rings. The van der Waals surface area contributed by atoms with Crippen molar-refractivity contribution in [2.24, 2.45) is 0 Å². The average Bonchev–Trinajstić information content (AvgIpc) is 2.67. The van der Waals surface area contributed by atoms with Crippen molar-refractivity contribution in [3.05, 3.63) is 77.4 Å². The number of carbonyl (C=O) groups is 1. The van der Waals surface area contributed by atoms with Crippen LogP contribution in [-0.4, -0.2) is 21.4 Å². The van der Waals surface area contributed by atoms with E-state index >= 15 is 0 Å². The first-order valence-electron chi connectivity index (χ1n) is 8.66. The lowest BCUT2D eigenvalue weighted by atomic mass is 9.99. The Morgan fingerprint density at radius 2 is 1.70 bits per heavy atom. The molecule has 0 spiro atoms. The molecule has 5 nitrogen and oxygen atoms in total. The molecule has 0 aliphatic heterocycles. The first kappa shape index (κ1) is 19.1. The molecule has 0 aromatic heterocycles. The van der Waals surface area contributed by atoms with Crippen LogP contribution in [0.5, 0.6) is 0 Å². The van der Waals surface area contributed by atoms with Gasteiger partial charge in [-0.15, -0.1) is 0 Å². The van der Waals surface area contributed by atoms with Crippen LogP contribution in [-0.2, 0) is 10.0 Å². The number of carbonyl (C=O) groups excluding carboxylic acids is 1. The zero-order valence-electron chi connectivity index (χ0n) is 15.5. The lowest BCUT2D eigenvalue weighted by Gasteiger charge is -2.18. The molecular weight excluding hydrogens is 360 g/mol. The molecule has 3 rings (SSSR count). The summed E-state index contributed by atoms with van der Waals surface area (Å²) in [7, 11) is -2.27. The summed E-state index contributed by atoms with van der Waals surface area (Å²) in [6.45, 7) is 3.70. The van der Waals surface area contributed by atoms with Gasteiger partial charge in [0.2, 0.25) is 10.0 Å². The van der Waals surface area contributed by atoms with Gasteiger partial charge in [-0.25, -0.2) is 13.1 Å². The largest absolute Gasteiger partial charge is 0.345 e. The highest BCUT2D eigenvalue weighted by Gasteiger charge is 2.19. The highest BCUT2D eigenvalue weighted by Crippen LogP contribution is 2.25. The number of amides is 1. The maximum Gasteiger partial charge on any atom is 0.252 e. The van der Waals surface area contributed by atoms with Gasteiger partial charge in [0.25, 0.3) is 5.91 Å². The maximum absolute atomic E-state index is 12.8. The van der Waals surface area contributed by atoms with Crippen molar-refractivity contribution >= 4 is 26.7 Å². The predicted octanol–water partition coefficient (Wildman–Crippen LogP) is 3.55. The molecule has 0 saturated heterocycles. The first-order chi connectivity index (χ1) is 12.8. The Morgan fingerprint density at radius 3 is 2.44 bits per heavy atom. The summed E-state index contributed by atoms with van der Waals surface area (Å²) in [6.07, 6.45) is 0. The van der Waals surface area contributed by atoms with Crippen LogP contribution in [0.15, 0.2) is 65.6 Å². The lowest BCUT2D eigenvalue weighted by Crippen LogP contribution is -2.28. The minimum Gasteiger partial charge on any atom is -0.345 e. The molecule has 0 radical (unpaired) electrons. The smallest absolute Gasteiger partial charge is 0.252 e. The number of benzene rings is 3. The molecule has 0 bridgehead atoms. The molecule has 0 saturated carbocycles. The van der Waals surface area contributed by atoms with Gasteiger partial charge in [0.1, 0.15) is 0 Å². The molecule has 1 unspecified atom stereocenters. The van der Waals surface area contributed by atoms with Crippen LogP contribution in [0, 0.1) is 6.92 Å². The van der Waals surface area contributed by atoms with E-state index in [1.807, 2.05) is 49.4 Å². The fourth-order valence-corrected chi connectivity index (χ4v) is 3.87. The highest BCUT2D eigenvalue weighted by atomic mass is 32.2. The van der Waals surface area contributed by atoms with Crippen LogP contribution < -0.4 is 10.0 Å². The van der Waals surface area contributed by atoms with E-state index in [0.717, 1.165) is 16.3 Å². The summed E-state index contributed by atoms with van der Waals surface area (Å²) in [5.74, 6) is -0.305. The molecule has 1 atom stereocenters. The van der Waals surface area contributed by atoms with Crippen molar-refractivity contribution in [1.82, 2.24) is 10.0 Å². The SMILES string of the molecule is CNS(=O)(=O)c1ccc(C)c(C(=O)NC(C)c2cccc3ccccc23)c1. The minimum absolute atomic E-state index is 0.0681. The van der Waals surface area contributed by atoms with Crippen LogP contribution in [0.3, 0.4) is 0 Å². The second-order valence-corrected chi connectivity index (χ2v) is 8.33. The quantitative estimate of drug-likeness (QED) is 0.709. The molecule has 0 heterocycles. The summed E-state index contributed by atoms with van der Waals surface area (Å²) >= 11 is 0. The molecule has 27 heavy (non-hydrogen) atoms. The van der Waals surface area contributed by atoms with E-state index in [0.29, 0.717) is 11.1 Å². The number of nitrogens with one attached hydrogen (secondary N) is 2. The molecule has 6 heteroatoms. The van der Waals surface area contributed by atoms with E-state index in [9.17, 15) is 13.2 Å². The van der Waals surface area contributed by atoms with Gasteiger partial charge in [-0.2, -0.15) is 0 Å². The number of hydrogen-bond acceptors (Lipinski definition) is 3. The molecule has 3 aromatic carbocycles. The predicted molar refractivity (Wildman–Crippen MR) is 107 cm³/mol. The number of sulfonamides is 1. The number of fused-ring (bicyclic) bond motifs is 1. The Hall–Kier alpha value is -2.70. The Balaban J connectivity index is 1.92. The van der Waals surface area contributed by atoms with Crippen molar-refractivity contribution in [2.75, 3.05) is 7.05 Å². The van der Waals surface area contributed by atoms with Crippen LogP contribution in [0.4, 0.5) is 0 Å².